The van der Waals surface area contributed by atoms with Gasteiger partial charge in [-0.2, -0.15) is 0 Å². The molecule has 1 aromatic rings. The summed E-state index contributed by atoms with van der Waals surface area (Å²) in [6.07, 6.45) is 0.973. The minimum Gasteiger partial charge on any atom is -0.359 e. The van der Waals surface area contributed by atoms with Crippen LogP contribution in [0, 0.1) is 0 Å². The lowest BCUT2D eigenvalue weighted by atomic mass is 10.3. The molecule has 0 unspecified atom stereocenters. The summed E-state index contributed by atoms with van der Waals surface area (Å²) in [6.45, 7) is 2.72. The average Bonchev–Trinajstić information content (AvgIpc) is 2.46. The largest absolute Gasteiger partial charge is 0.359 e. The number of nitrogens with one attached hydrogen (secondary N) is 1. The molecule has 0 spiro atoms. The molecule has 2 heterocycles. The van der Waals surface area contributed by atoms with Crippen LogP contribution in [-0.2, 0) is 11.3 Å². The minimum absolute atomic E-state index is 0.0751. The van der Waals surface area contributed by atoms with Crippen LogP contribution in [0.5, 0.6) is 0 Å². The summed E-state index contributed by atoms with van der Waals surface area (Å²) in [7, 11) is 0. The van der Waals surface area contributed by atoms with Crippen molar-refractivity contribution in [2.24, 2.45) is 0 Å². The van der Waals surface area contributed by atoms with Crippen molar-refractivity contribution >= 4 is 21.8 Å². The molecule has 2 rings (SSSR count). The monoisotopic (exact) mass is 273 g/mol. The Hall–Kier alpha value is -0.880. The van der Waals surface area contributed by atoms with Gasteiger partial charge < -0.3 is 9.84 Å². The molecular weight excluding hydrogens is 262 g/mol. The van der Waals surface area contributed by atoms with E-state index in [0.29, 0.717) is 17.7 Å². The van der Waals surface area contributed by atoms with Gasteiger partial charge in [0.1, 0.15) is 4.60 Å². The van der Waals surface area contributed by atoms with Crippen LogP contribution >= 0.6 is 15.9 Å². The molecule has 1 N–H and O–H groups in total. The zero-order valence-electron chi connectivity index (χ0n) is 8.20. The van der Waals surface area contributed by atoms with E-state index in [1.165, 1.54) is 0 Å². The molecule has 0 bridgehead atoms. The Labute approximate surface area is 95.9 Å². The van der Waals surface area contributed by atoms with Gasteiger partial charge in [-0.15, -0.1) is 0 Å². The van der Waals surface area contributed by atoms with Crippen molar-refractivity contribution in [3.8, 4) is 0 Å². The molecule has 6 heteroatoms. The van der Waals surface area contributed by atoms with E-state index in [0.717, 1.165) is 25.3 Å². The van der Waals surface area contributed by atoms with Gasteiger partial charge in [-0.1, -0.05) is 5.16 Å². The predicted molar refractivity (Wildman–Crippen MR) is 57.1 cm³/mol. The first-order chi connectivity index (χ1) is 7.24. The molecule has 82 valence electrons. The van der Waals surface area contributed by atoms with Crippen molar-refractivity contribution in [1.29, 1.82) is 0 Å². The van der Waals surface area contributed by atoms with E-state index in [4.69, 9.17) is 4.52 Å². The SMILES string of the molecule is O=C1CN(Cc2cc(Br)no2)CCCN1. The molecule has 1 saturated heterocycles. The Kier molecular flexibility index (Phi) is 3.37. The van der Waals surface area contributed by atoms with Crippen molar-refractivity contribution in [3.05, 3.63) is 16.4 Å². The van der Waals surface area contributed by atoms with Gasteiger partial charge in [0.2, 0.25) is 5.91 Å². The van der Waals surface area contributed by atoms with Crippen LogP contribution in [-0.4, -0.2) is 35.6 Å². The number of amides is 1. The summed E-state index contributed by atoms with van der Waals surface area (Å²) in [6, 6.07) is 1.82. The summed E-state index contributed by atoms with van der Waals surface area (Å²) in [5, 5.41) is 6.57. The number of halogens is 1. The van der Waals surface area contributed by atoms with Crippen molar-refractivity contribution in [1.82, 2.24) is 15.4 Å². The number of carbonyl (C=O) groups is 1. The summed E-state index contributed by atoms with van der Waals surface area (Å²) in [5.74, 6) is 0.850. The predicted octanol–water partition coefficient (Wildman–Crippen LogP) is 0.759. The van der Waals surface area contributed by atoms with Gasteiger partial charge in [0.25, 0.3) is 0 Å². The second-order valence-corrected chi connectivity index (χ2v) is 4.34. The van der Waals surface area contributed by atoms with E-state index in [9.17, 15) is 4.79 Å². The van der Waals surface area contributed by atoms with E-state index < -0.39 is 0 Å². The molecule has 1 fully saturated rings. The fraction of sp³-hybridized carbons (Fsp3) is 0.556. The molecule has 0 aliphatic carbocycles. The van der Waals surface area contributed by atoms with Gasteiger partial charge in [-0.3, -0.25) is 9.69 Å². The smallest absolute Gasteiger partial charge is 0.234 e. The first-order valence-electron chi connectivity index (χ1n) is 4.84. The Morgan fingerprint density at radius 3 is 3.27 bits per heavy atom. The molecule has 0 aromatic carbocycles. The third-order valence-corrected chi connectivity index (χ3v) is 2.62. The molecule has 1 aromatic heterocycles. The topological polar surface area (TPSA) is 58.4 Å². The van der Waals surface area contributed by atoms with Crippen LogP contribution in [0.4, 0.5) is 0 Å². The fourth-order valence-corrected chi connectivity index (χ4v) is 1.91. The maximum absolute atomic E-state index is 11.3. The van der Waals surface area contributed by atoms with E-state index >= 15 is 0 Å². The Morgan fingerprint density at radius 1 is 1.67 bits per heavy atom. The van der Waals surface area contributed by atoms with Gasteiger partial charge in [-0.25, -0.2) is 0 Å². The first-order valence-corrected chi connectivity index (χ1v) is 5.63. The van der Waals surface area contributed by atoms with Crippen LogP contribution in [0.2, 0.25) is 0 Å². The molecule has 0 saturated carbocycles. The van der Waals surface area contributed by atoms with Gasteiger partial charge in [0.05, 0.1) is 13.1 Å². The lowest BCUT2D eigenvalue weighted by molar-refractivity contribution is -0.121. The quantitative estimate of drug-likeness (QED) is 0.865. The number of rotatable bonds is 2. The third kappa shape index (κ3) is 3.04. The highest BCUT2D eigenvalue weighted by Gasteiger charge is 2.16. The van der Waals surface area contributed by atoms with Crippen LogP contribution in [0.1, 0.15) is 12.2 Å². The second kappa shape index (κ2) is 4.76. The molecule has 0 atom stereocenters. The zero-order chi connectivity index (χ0) is 10.7. The normalized spacial score (nSPS) is 18.6. The molecule has 15 heavy (non-hydrogen) atoms. The molecule has 1 aliphatic heterocycles. The maximum Gasteiger partial charge on any atom is 0.234 e. The van der Waals surface area contributed by atoms with Crippen LogP contribution in [0.15, 0.2) is 15.2 Å². The van der Waals surface area contributed by atoms with Crippen LogP contribution in [0.25, 0.3) is 0 Å². The van der Waals surface area contributed by atoms with Gasteiger partial charge in [0, 0.05) is 19.2 Å². The summed E-state index contributed by atoms with van der Waals surface area (Å²) < 4.78 is 5.76. The van der Waals surface area contributed by atoms with E-state index in [1.807, 2.05) is 6.07 Å². The number of hydrogen-bond donors (Lipinski definition) is 1. The number of nitrogens with zero attached hydrogens (tertiary/aromatic N) is 2. The third-order valence-electron chi connectivity index (χ3n) is 2.25. The molecule has 5 nitrogen and oxygen atoms in total. The molecular formula is C9H12BrN3O2. The Bertz CT molecular complexity index is 353. The van der Waals surface area contributed by atoms with E-state index in [-0.39, 0.29) is 5.91 Å². The number of hydrogen-bond acceptors (Lipinski definition) is 4. The summed E-state index contributed by atoms with van der Waals surface area (Å²) in [5.41, 5.74) is 0. The van der Waals surface area contributed by atoms with Crippen molar-refractivity contribution in [3.63, 3.8) is 0 Å². The second-order valence-electron chi connectivity index (χ2n) is 3.53. The highest BCUT2D eigenvalue weighted by atomic mass is 79.9. The van der Waals surface area contributed by atoms with E-state index in [2.05, 4.69) is 31.3 Å². The minimum atomic E-state index is 0.0751. The van der Waals surface area contributed by atoms with Crippen LogP contribution in [0.3, 0.4) is 0 Å². The van der Waals surface area contributed by atoms with Crippen molar-refractivity contribution in [2.75, 3.05) is 19.6 Å². The van der Waals surface area contributed by atoms with Crippen molar-refractivity contribution in [2.45, 2.75) is 13.0 Å². The average molecular weight is 274 g/mol. The maximum atomic E-state index is 11.3. The first kappa shape index (κ1) is 10.6. The molecule has 0 radical (unpaired) electrons. The number of aromatic nitrogens is 1. The standard InChI is InChI=1S/C9H12BrN3O2/c10-8-4-7(15-12-8)5-13-3-1-2-11-9(14)6-13/h4H,1-3,5-6H2,(H,11,14). The lowest BCUT2D eigenvalue weighted by Gasteiger charge is -2.15. The van der Waals surface area contributed by atoms with Crippen LogP contribution < -0.4 is 5.32 Å². The molecule has 1 aliphatic rings. The van der Waals surface area contributed by atoms with Gasteiger partial charge >= 0.3 is 0 Å². The highest BCUT2D eigenvalue weighted by molar-refractivity contribution is 9.10. The molecule has 1 amide bonds. The van der Waals surface area contributed by atoms with E-state index in [1.54, 1.807) is 0 Å². The zero-order valence-corrected chi connectivity index (χ0v) is 9.79. The summed E-state index contributed by atoms with van der Waals surface area (Å²) >= 11 is 3.22. The summed E-state index contributed by atoms with van der Waals surface area (Å²) in [4.78, 5) is 13.3. The van der Waals surface area contributed by atoms with Gasteiger partial charge in [-0.05, 0) is 22.4 Å². The number of carbonyl (C=O) groups excluding carboxylic acids is 1. The Balaban J connectivity index is 1.95. The fourth-order valence-electron chi connectivity index (χ4n) is 1.59. The highest BCUT2D eigenvalue weighted by Crippen LogP contribution is 2.12. The van der Waals surface area contributed by atoms with Crippen molar-refractivity contribution < 1.29 is 9.32 Å². The van der Waals surface area contributed by atoms with Gasteiger partial charge in [0.15, 0.2) is 5.76 Å². The lowest BCUT2D eigenvalue weighted by Crippen LogP contribution is -2.32. The Morgan fingerprint density at radius 2 is 2.53 bits per heavy atom.